The maximum absolute atomic E-state index is 11.1. The SMILES string of the molecule is CN1C[C@H](O)[C@H](O)[C@@H](O)[C@@H]1C(=O)NO. The lowest BCUT2D eigenvalue weighted by atomic mass is 9.94. The van der Waals surface area contributed by atoms with Gasteiger partial charge in [-0.15, -0.1) is 0 Å². The van der Waals surface area contributed by atoms with E-state index in [4.69, 9.17) is 5.21 Å². The highest BCUT2D eigenvalue weighted by molar-refractivity contribution is 5.81. The molecule has 1 fully saturated rings. The van der Waals surface area contributed by atoms with Crippen LogP contribution in [0.2, 0.25) is 0 Å². The van der Waals surface area contributed by atoms with Crippen molar-refractivity contribution in [1.82, 2.24) is 10.4 Å². The number of rotatable bonds is 1. The molecule has 5 N–H and O–H groups in total. The Balaban J connectivity index is 2.78. The van der Waals surface area contributed by atoms with Gasteiger partial charge in [-0.3, -0.25) is 14.9 Å². The predicted octanol–water partition coefficient (Wildman–Crippen LogP) is -3.11. The molecule has 0 aliphatic carbocycles. The van der Waals surface area contributed by atoms with E-state index in [2.05, 4.69) is 0 Å². The van der Waals surface area contributed by atoms with Crippen molar-refractivity contribution in [2.24, 2.45) is 0 Å². The molecular weight excluding hydrogens is 192 g/mol. The van der Waals surface area contributed by atoms with Gasteiger partial charge in [0.15, 0.2) is 0 Å². The van der Waals surface area contributed by atoms with Crippen molar-refractivity contribution in [2.75, 3.05) is 13.6 Å². The Hall–Kier alpha value is -0.730. The molecule has 1 rings (SSSR count). The highest BCUT2D eigenvalue weighted by Gasteiger charge is 2.43. The normalized spacial score (nSPS) is 39.5. The number of hydrogen-bond donors (Lipinski definition) is 5. The van der Waals surface area contributed by atoms with E-state index in [1.807, 2.05) is 0 Å². The van der Waals surface area contributed by atoms with Crippen LogP contribution in [0.15, 0.2) is 0 Å². The van der Waals surface area contributed by atoms with E-state index in [9.17, 15) is 20.1 Å². The fraction of sp³-hybridized carbons (Fsp3) is 0.857. The lowest BCUT2D eigenvalue weighted by molar-refractivity contribution is -0.160. The predicted molar refractivity (Wildman–Crippen MR) is 44.4 cm³/mol. The van der Waals surface area contributed by atoms with Gasteiger partial charge in [0, 0.05) is 6.54 Å². The van der Waals surface area contributed by atoms with E-state index in [1.54, 1.807) is 0 Å². The molecule has 0 aromatic heterocycles. The Kier molecular flexibility index (Phi) is 3.40. The second-order valence-corrected chi connectivity index (χ2v) is 3.41. The van der Waals surface area contributed by atoms with Crippen LogP contribution in [0.1, 0.15) is 0 Å². The number of β-amino-alcohol motifs (C(OH)–C–C–N with tert-alkyl or cyclic N) is 1. The largest absolute Gasteiger partial charge is 0.389 e. The Labute approximate surface area is 80.5 Å². The van der Waals surface area contributed by atoms with Gasteiger partial charge in [0.05, 0.1) is 6.10 Å². The number of nitrogens with zero attached hydrogens (tertiary/aromatic N) is 1. The first-order chi connectivity index (χ1) is 6.49. The van der Waals surface area contributed by atoms with Gasteiger partial charge in [-0.2, -0.15) is 0 Å². The molecule has 82 valence electrons. The van der Waals surface area contributed by atoms with E-state index >= 15 is 0 Å². The molecule has 1 heterocycles. The van der Waals surface area contributed by atoms with Crippen LogP contribution >= 0.6 is 0 Å². The van der Waals surface area contributed by atoms with E-state index in [0.29, 0.717) is 0 Å². The minimum absolute atomic E-state index is 0.0519. The van der Waals surface area contributed by atoms with Crippen molar-refractivity contribution in [2.45, 2.75) is 24.4 Å². The third-order valence-corrected chi connectivity index (χ3v) is 2.40. The summed E-state index contributed by atoms with van der Waals surface area (Å²) < 4.78 is 0. The minimum atomic E-state index is -1.42. The fourth-order valence-corrected chi connectivity index (χ4v) is 1.61. The van der Waals surface area contributed by atoms with Crippen molar-refractivity contribution < 1.29 is 25.3 Å². The number of aliphatic hydroxyl groups excluding tert-OH is 3. The maximum atomic E-state index is 11.1. The quantitative estimate of drug-likeness (QED) is 0.229. The Morgan fingerprint density at radius 2 is 1.93 bits per heavy atom. The van der Waals surface area contributed by atoms with Gasteiger partial charge in [0.25, 0.3) is 5.91 Å². The van der Waals surface area contributed by atoms with Crippen molar-refractivity contribution in [3.63, 3.8) is 0 Å². The highest BCUT2D eigenvalue weighted by atomic mass is 16.5. The number of amides is 1. The zero-order chi connectivity index (χ0) is 10.9. The number of nitrogens with one attached hydrogen (secondary N) is 1. The Morgan fingerprint density at radius 1 is 1.36 bits per heavy atom. The fourth-order valence-electron chi connectivity index (χ4n) is 1.61. The molecule has 1 amide bonds. The summed E-state index contributed by atoms with van der Waals surface area (Å²) in [7, 11) is 1.50. The van der Waals surface area contributed by atoms with Gasteiger partial charge in [-0.25, -0.2) is 5.48 Å². The molecule has 0 aromatic carbocycles. The van der Waals surface area contributed by atoms with Crippen LogP contribution in [0.25, 0.3) is 0 Å². The molecule has 14 heavy (non-hydrogen) atoms. The van der Waals surface area contributed by atoms with Crippen LogP contribution in [0.4, 0.5) is 0 Å². The zero-order valence-corrected chi connectivity index (χ0v) is 7.66. The molecule has 0 aromatic rings. The lowest BCUT2D eigenvalue weighted by Crippen LogP contribution is -2.64. The summed E-state index contributed by atoms with van der Waals surface area (Å²) in [5, 5.41) is 36.4. The maximum Gasteiger partial charge on any atom is 0.263 e. The number of aliphatic hydroxyl groups is 3. The smallest absolute Gasteiger partial charge is 0.263 e. The number of carbonyl (C=O) groups excluding carboxylic acids is 1. The molecule has 0 unspecified atom stereocenters. The molecule has 7 heteroatoms. The third kappa shape index (κ3) is 1.86. The van der Waals surface area contributed by atoms with Crippen molar-refractivity contribution >= 4 is 5.91 Å². The van der Waals surface area contributed by atoms with Crippen LogP contribution < -0.4 is 5.48 Å². The summed E-state index contributed by atoms with van der Waals surface area (Å²) >= 11 is 0. The molecule has 0 radical (unpaired) electrons. The summed E-state index contributed by atoms with van der Waals surface area (Å²) in [6.07, 6.45) is -3.90. The summed E-state index contributed by atoms with van der Waals surface area (Å²) in [5.74, 6) is -0.814. The lowest BCUT2D eigenvalue weighted by Gasteiger charge is -2.40. The monoisotopic (exact) mass is 206 g/mol. The third-order valence-electron chi connectivity index (χ3n) is 2.40. The molecular formula is C7H14N2O5. The van der Waals surface area contributed by atoms with Gasteiger partial charge in [-0.05, 0) is 7.05 Å². The summed E-state index contributed by atoms with van der Waals surface area (Å²) in [6.45, 7) is 0.0519. The number of likely N-dealkylation sites (tertiary alicyclic amines) is 1. The number of piperidine rings is 1. The summed E-state index contributed by atoms with van der Waals surface area (Å²) in [6, 6.07) is -1.06. The second kappa shape index (κ2) is 4.20. The Bertz CT molecular complexity index is 224. The van der Waals surface area contributed by atoms with Crippen LogP contribution in [-0.2, 0) is 4.79 Å². The topological polar surface area (TPSA) is 113 Å². The first-order valence-corrected chi connectivity index (χ1v) is 4.17. The van der Waals surface area contributed by atoms with Gasteiger partial charge in [-0.1, -0.05) is 0 Å². The second-order valence-electron chi connectivity index (χ2n) is 3.41. The van der Waals surface area contributed by atoms with E-state index < -0.39 is 30.3 Å². The van der Waals surface area contributed by atoms with Crippen molar-refractivity contribution in [3.8, 4) is 0 Å². The van der Waals surface area contributed by atoms with Gasteiger partial charge in [0.2, 0.25) is 0 Å². The average molecular weight is 206 g/mol. The standard InChI is InChI=1S/C7H14N2O5/c1-9-2-3(10)5(11)6(12)4(9)7(13)8-14/h3-6,10-12,14H,2H2,1H3,(H,8,13)/t3-,4+,5-,6-/m0/s1. The number of hydroxylamine groups is 1. The molecule has 0 saturated carbocycles. The first kappa shape index (κ1) is 11.3. The molecule has 0 bridgehead atoms. The van der Waals surface area contributed by atoms with E-state index in [0.717, 1.165) is 0 Å². The van der Waals surface area contributed by atoms with Crippen LogP contribution in [0.5, 0.6) is 0 Å². The molecule has 0 spiro atoms. The molecule has 1 saturated heterocycles. The van der Waals surface area contributed by atoms with Gasteiger partial charge < -0.3 is 15.3 Å². The molecule has 4 atom stereocenters. The zero-order valence-electron chi connectivity index (χ0n) is 7.66. The molecule has 1 aliphatic rings. The summed E-state index contributed by atoms with van der Waals surface area (Å²) in [4.78, 5) is 12.4. The summed E-state index contributed by atoms with van der Waals surface area (Å²) in [5.41, 5.74) is 1.40. The molecule has 7 nitrogen and oxygen atoms in total. The average Bonchev–Trinajstić information content (AvgIpc) is 2.14. The minimum Gasteiger partial charge on any atom is -0.389 e. The van der Waals surface area contributed by atoms with E-state index in [-0.39, 0.29) is 6.54 Å². The Morgan fingerprint density at radius 3 is 2.43 bits per heavy atom. The highest BCUT2D eigenvalue weighted by Crippen LogP contribution is 2.17. The molecule has 1 aliphatic heterocycles. The van der Waals surface area contributed by atoms with Gasteiger partial charge in [0.1, 0.15) is 18.2 Å². The number of hydrogen-bond acceptors (Lipinski definition) is 6. The first-order valence-electron chi connectivity index (χ1n) is 4.17. The van der Waals surface area contributed by atoms with Crippen LogP contribution in [0.3, 0.4) is 0 Å². The van der Waals surface area contributed by atoms with Crippen LogP contribution in [0, 0.1) is 0 Å². The van der Waals surface area contributed by atoms with E-state index in [1.165, 1.54) is 17.4 Å². The van der Waals surface area contributed by atoms with Gasteiger partial charge >= 0.3 is 0 Å². The number of likely N-dealkylation sites (N-methyl/N-ethyl adjacent to an activating group) is 1. The van der Waals surface area contributed by atoms with Crippen LogP contribution in [-0.4, -0.2) is 69.3 Å². The van der Waals surface area contributed by atoms with Crippen molar-refractivity contribution in [3.05, 3.63) is 0 Å². The number of carbonyl (C=O) groups is 1. The van der Waals surface area contributed by atoms with Crippen molar-refractivity contribution in [1.29, 1.82) is 0 Å².